The lowest BCUT2D eigenvalue weighted by Gasteiger charge is -2.36. The maximum atomic E-state index is 12.6. The Labute approximate surface area is 154 Å². The first-order valence-corrected chi connectivity index (χ1v) is 10.5. The Balaban J connectivity index is 1.42. The van der Waals surface area contributed by atoms with Gasteiger partial charge in [-0.1, -0.05) is 6.07 Å². The molecular weight excluding hydrogens is 350 g/mol. The van der Waals surface area contributed by atoms with Crippen molar-refractivity contribution in [3.63, 3.8) is 0 Å². The van der Waals surface area contributed by atoms with Crippen LogP contribution in [-0.4, -0.2) is 62.0 Å². The number of hydrogen-bond acceptors (Lipinski definition) is 6. The van der Waals surface area contributed by atoms with Crippen molar-refractivity contribution < 1.29 is 8.42 Å². The first-order chi connectivity index (χ1) is 12.6. The van der Waals surface area contributed by atoms with Gasteiger partial charge in [0.05, 0.1) is 0 Å². The van der Waals surface area contributed by atoms with Crippen LogP contribution < -0.4 is 9.80 Å². The average molecular weight is 373 g/mol. The van der Waals surface area contributed by atoms with Crippen molar-refractivity contribution in [3.05, 3.63) is 42.7 Å². The Kier molecular flexibility index (Phi) is 4.78. The van der Waals surface area contributed by atoms with Crippen molar-refractivity contribution in [2.75, 3.05) is 49.1 Å². The summed E-state index contributed by atoms with van der Waals surface area (Å²) in [5.74, 6) is 1.82. The highest BCUT2D eigenvalue weighted by atomic mass is 32.2. The van der Waals surface area contributed by atoms with Crippen molar-refractivity contribution >= 4 is 21.7 Å². The van der Waals surface area contributed by atoms with Crippen LogP contribution in [0.2, 0.25) is 0 Å². The highest BCUT2D eigenvalue weighted by Crippen LogP contribution is 2.23. The summed E-state index contributed by atoms with van der Waals surface area (Å²) < 4.78 is 26.7. The number of nitrogens with zero attached hydrogens (tertiary/aromatic N) is 5. The van der Waals surface area contributed by atoms with Crippen molar-refractivity contribution in [2.45, 2.75) is 17.7 Å². The number of anilines is 2. The molecule has 26 heavy (non-hydrogen) atoms. The molecule has 4 rings (SSSR count). The van der Waals surface area contributed by atoms with Crippen LogP contribution in [0.15, 0.2) is 47.6 Å². The summed E-state index contributed by atoms with van der Waals surface area (Å²) in [6.45, 7) is 4.63. The summed E-state index contributed by atoms with van der Waals surface area (Å²) in [6, 6.07) is 9.43. The third-order valence-electron chi connectivity index (χ3n) is 5.00. The van der Waals surface area contributed by atoms with Gasteiger partial charge in [0.1, 0.15) is 16.5 Å². The van der Waals surface area contributed by atoms with E-state index in [-0.39, 0.29) is 4.90 Å². The van der Waals surface area contributed by atoms with Gasteiger partial charge in [-0.05, 0) is 37.1 Å². The summed E-state index contributed by atoms with van der Waals surface area (Å²) >= 11 is 0. The highest BCUT2D eigenvalue weighted by Gasteiger charge is 2.27. The summed E-state index contributed by atoms with van der Waals surface area (Å²) in [5, 5.41) is 0. The topological polar surface area (TPSA) is 69.6 Å². The monoisotopic (exact) mass is 373 g/mol. The van der Waals surface area contributed by atoms with Gasteiger partial charge in [-0.25, -0.2) is 18.4 Å². The number of piperazine rings is 1. The van der Waals surface area contributed by atoms with E-state index in [0.29, 0.717) is 13.1 Å². The number of pyridine rings is 2. The first-order valence-electron chi connectivity index (χ1n) is 9.02. The molecule has 0 unspecified atom stereocenters. The molecule has 0 spiro atoms. The molecular formula is C18H23N5O2S. The van der Waals surface area contributed by atoms with Crippen LogP contribution in [0, 0.1) is 0 Å². The van der Waals surface area contributed by atoms with Gasteiger partial charge in [0.15, 0.2) is 0 Å². The van der Waals surface area contributed by atoms with Crippen LogP contribution in [0.1, 0.15) is 12.8 Å². The minimum Gasteiger partial charge on any atom is -0.353 e. The average Bonchev–Trinajstić information content (AvgIpc) is 3.25. The van der Waals surface area contributed by atoms with Crippen molar-refractivity contribution in [2.24, 2.45) is 0 Å². The van der Waals surface area contributed by atoms with Gasteiger partial charge >= 0.3 is 0 Å². The third-order valence-corrected chi connectivity index (χ3v) is 6.88. The third kappa shape index (κ3) is 3.39. The zero-order valence-corrected chi connectivity index (χ0v) is 15.5. The predicted molar refractivity (Wildman–Crippen MR) is 101 cm³/mol. The van der Waals surface area contributed by atoms with Crippen LogP contribution >= 0.6 is 0 Å². The molecule has 2 aliphatic rings. The molecule has 2 fully saturated rings. The lowest BCUT2D eigenvalue weighted by atomic mass is 10.3. The van der Waals surface area contributed by atoms with E-state index in [9.17, 15) is 8.42 Å². The molecule has 0 amide bonds. The zero-order chi connectivity index (χ0) is 18.0. The molecule has 2 saturated heterocycles. The number of sulfonamides is 1. The number of rotatable bonds is 4. The van der Waals surface area contributed by atoms with Gasteiger partial charge in [-0.3, -0.25) is 0 Å². The van der Waals surface area contributed by atoms with E-state index < -0.39 is 10.0 Å². The Morgan fingerprint density at radius 3 is 1.96 bits per heavy atom. The largest absolute Gasteiger partial charge is 0.353 e. The Hall–Kier alpha value is -2.19. The SMILES string of the molecule is O=S(=O)(c1ccc(N2CCN(c3ccccn3)CC2)nc1)N1CCCC1. The van der Waals surface area contributed by atoms with Gasteiger partial charge < -0.3 is 9.80 Å². The maximum absolute atomic E-state index is 12.6. The molecule has 2 aliphatic heterocycles. The molecule has 0 atom stereocenters. The highest BCUT2D eigenvalue weighted by molar-refractivity contribution is 7.89. The van der Waals surface area contributed by atoms with Crippen molar-refractivity contribution in [3.8, 4) is 0 Å². The Morgan fingerprint density at radius 2 is 1.42 bits per heavy atom. The van der Waals surface area contributed by atoms with Crippen LogP contribution in [0.5, 0.6) is 0 Å². The van der Waals surface area contributed by atoms with Crippen LogP contribution in [0.25, 0.3) is 0 Å². The number of aromatic nitrogens is 2. The Bertz CT molecular complexity index is 828. The lowest BCUT2D eigenvalue weighted by Crippen LogP contribution is -2.47. The second-order valence-corrected chi connectivity index (χ2v) is 8.56. The second-order valence-electron chi connectivity index (χ2n) is 6.63. The van der Waals surface area contributed by atoms with Gasteiger partial charge in [-0.2, -0.15) is 4.31 Å². The van der Waals surface area contributed by atoms with Crippen LogP contribution in [-0.2, 0) is 10.0 Å². The molecule has 138 valence electrons. The summed E-state index contributed by atoms with van der Waals surface area (Å²) in [5.41, 5.74) is 0. The van der Waals surface area contributed by atoms with Gasteiger partial charge in [0.2, 0.25) is 10.0 Å². The van der Waals surface area contributed by atoms with Crippen molar-refractivity contribution in [1.82, 2.24) is 14.3 Å². The fourth-order valence-corrected chi connectivity index (χ4v) is 4.96. The second kappa shape index (κ2) is 7.20. The van der Waals surface area contributed by atoms with Gasteiger partial charge in [0, 0.05) is 51.7 Å². The molecule has 0 aromatic carbocycles. The molecule has 0 N–H and O–H groups in total. The molecule has 4 heterocycles. The zero-order valence-electron chi connectivity index (χ0n) is 14.7. The minimum atomic E-state index is -3.40. The summed E-state index contributed by atoms with van der Waals surface area (Å²) in [6.07, 6.45) is 5.17. The van der Waals surface area contributed by atoms with Crippen LogP contribution in [0.4, 0.5) is 11.6 Å². The molecule has 7 nitrogen and oxygen atoms in total. The quantitative estimate of drug-likeness (QED) is 0.811. The minimum absolute atomic E-state index is 0.287. The first kappa shape index (κ1) is 17.2. The standard InChI is InChI=1S/C18H23N5O2S/c24-26(25,23-9-3-4-10-23)16-6-7-18(20-15-16)22-13-11-21(12-14-22)17-5-1-2-8-19-17/h1-2,5-8,15H,3-4,9-14H2. The van der Waals surface area contributed by atoms with E-state index in [0.717, 1.165) is 50.7 Å². The van der Waals surface area contributed by atoms with E-state index in [1.165, 1.54) is 6.20 Å². The maximum Gasteiger partial charge on any atom is 0.244 e. The lowest BCUT2D eigenvalue weighted by molar-refractivity contribution is 0.477. The predicted octanol–water partition coefficient (Wildman–Crippen LogP) is 1.59. The molecule has 8 heteroatoms. The normalized spacial score (nSPS) is 19.1. The van der Waals surface area contributed by atoms with E-state index in [4.69, 9.17) is 0 Å². The smallest absolute Gasteiger partial charge is 0.244 e. The van der Waals surface area contributed by atoms with E-state index in [1.54, 1.807) is 10.4 Å². The van der Waals surface area contributed by atoms with Gasteiger partial charge in [-0.15, -0.1) is 0 Å². The molecule has 2 aromatic rings. The van der Waals surface area contributed by atoms with Crippen LogP contribution in [0.3, 0.4) is 0 Å². The summed E-state index contributed by atoms with van der Waals surface area (Å²) in [4.78, 5) is 13.5. The van der Waals surface area contributed by atoms with Crippen molar-refractivity contribution in [1.29, 1.82) is 0 Å². The van der Waals surface area contributed by atoms with E-state index in [2.05, 4.69) is 19.8 Å². The number of hydrogen-bond donors (Lipinski definition) is 0. The molecule has 0 saturated carbocycles. The Morgan fingerprint density at radius 1 is 0.769 bits per heavy atom. The molecule has 0 bridgehead atoms. The molecule has 2 aromatic heterocycles. The fourth-order valence-electron chi connectivity index (χ4n) is 3.50. The molecule has 0 radical (unpaired) electrons. The molecule has 0 aliphatic carbocycles. The van der Waals surface area contributed by atoms with E-state index in [1.807, 2.05) is 30.5 Å². The van der Waals surface area contributed by atoms with Gasteiger partial charge in [0.25, 0.3) is 0 Å². The fraction of sp³-hybridized carbons (Fsp3) is 0.444. The summed E-state index contributed by atoms with van der Waals surface area (Å²) in [7, 11) is -3.40. The van der Waals surface area contributed by atoms with E-state index >= 15 is 0 Å².